The number of nitrogens with one attached hydrogen (secondary N) is 1. The van der Waals surface area contributed by atoms with Gasteiger partial charge in [-0.25, -0.2) is 4.68 Å². The van der Waals surface area contributed by atoms with Crippen molar-refractivity contribution < 1.29 is 31.4 Å². The summed E-state index contributed by atoms with van der Waals surface area (Å²) in [6, 6.07) is 4.44. The molecule has 2 atom stereocenters. The van der Waals surface area contributed by atoms with Crippen molar-refractivity contribution in [1.29, 1.82) is 0 Å². The van der Waals surface area contributed by atoms with Gasteiger partial charge in [0, 0.05) is 43.3 Å². The average Bonchev–Trinajstić information content (AvgIpc) is 3.42. The Kier molecular flexibility index (Phi) is 5.39. The van der Waals surface area contributed by atoms with Gasteiger partial charge in [-0.3, -0.25) is 14.2 Å². The van der Waals surface area contributed by atoms with Gasteiger partial charge in [0.1, 0.15) is 5.75 Å². The summed E-state index contributed by atoms with van der Waals surface area (Å²) in [5, 5.41) is 6.97. The number of nitrogens with zero attached hydrogens (tertiary/aromatic N) is 3. The standard InChI is InChI=1S/C23H21F5N4O4/c1-12(13-4-3-5-16-18(13)36-11-22(16,24)25)29-19-15-9-32(21(23(26,27)28)6-7-35-10-21)17(33)8-14(15)20(34)31(2)30-19/h3-5,8-9,12H,6-7,10-11H2,1-2H3,(H,29,30)/t12-,21?/m1/s1. The molecule has 13 heteroatoms. The minimum Gasteiger partial charge on any atom is -0.486 e. The van der Waals surface area contributed by atoms with Gasteiger partial charge in [-0.05, 0) is 13.0 Å². The van der Waals surface area contributed by atoms with Crippen molar-refractivity contribution in [3.8, 4) is 5.75 Å². The molecule has 192 valence electrons. The second-order valence-electron chi connectivity index (χ2n) is 9.00. The third-order valence-corrected chi connectivity index (χ3v) is 6.73. The molecule has 0 radical (unpaired) electrons. The van der Waals surface area contributed by atoms with Gasteiger partial charge in [0.25, 0.3) is 11.1 Å². The van der Waals surface area contributed by atoms with E-state index in [0.29, 0.717) is 10.1 Å². The number of benzene rings is 1. The molecule has 1 saturated heterocycles. The lowest BCUT2D eigenvalue weighted by Gasteiger charge is -2.32. The summed E-state index contributed by atoms with van der Waals surface area (Å²) in [4.78, 5) is 25.5. The molecule has 0 amide bonds. The normalized spacial score (nSPS) is 21.9. The number of hydrogen-bond donors (Lipinski definition) is 1. The molecule has 0 aliphatic carbocycles. The lowest BCUT2D eigenvalue weighted by Crippen LogP contribution is -2.52. The van der Waals surface area contributed by atoms with Gasteiger partial charge in [-0.2, -0.15) is 27.1 Å². The number of alkyl halides is 5. The first-order valence-corrected chi connectivity index (χ1v) is 11.0. The molecule has 36 heavy (non-hydrogen) atoms. The molecular weight excluding hydrogens is 491 g/mol. The van der Waals surface area contributed by atoms with Crippen molar-refractivity contribution in [3.05, 3.63) is 62.3 Å². The maximum Gasteiger partial charge on any atom is 0.414 e. The highest BCUT2D eigenvalue weighted by Gasteiger charge is 2.59. The van der Waals surface area contributed by atoms with E-state index in [-0.39, 0.29) is 34.5 Å². The molecule has 5 rings (SSSR count). The van der Waals surface area contributed by atoms with Crippen molar-refractivity contribution in [2.45, 2.75) is 37.0 Å². The Labute approximate surface area is 200 Å². The van der Waals surface area contributed by atoms with Crippen LogP contribution in [0, 0.1) is 0 Å². The van der Waals surface area contributed by atoms with Crippen LogP contribution in [0.2, 0.25) is 0 Å². The predicted molar refractivity (Wildman–Crippen MR) is 119 cm³/mol. The smallest absolute Gasteiger partial charge is 0.414 e. The minimum absolute atomic E-state index is 0.00710. The van der Waals surface area contributed by atoms with Crippen LogP contribution in [0.15, 0.2) is 40.1 Å². The zero-order chi connectivity index (χ0) is 26.0. The fourth-order valence-electron chi connectivity index (χ4n) is 4.74. The molecule has 8 nitrogen and oxygen atoms in total. The summed E-state index contributed by atoms with van der Waals surface area (Å²) in [6.45, 7) is -0.112. The number of rotatable bonds is 4. The Morgan fingerprint density at radius 3 is 2.58 bits per heavy atom. The molecule has 0 bridgehead atoms. The molecule has 0 spiro atoms. The summed E-state index contributed by atoms with van der Waals surface area (Å²) in [5.41, 5.74) is -4.18. The first-order chi connectivity index (χ1) is 16.9. The van der Waals surface area contributed by atoms with Gasteiger partial charge >= 0.3 is 12.1 Å². The van der Waals surface area contributed by atoms with Crippen LogP contribution in [0.1, 0.15) is 30.5 Å². The van der Waals surface area contributed by atoms with Gasteiger partial charge in [0.05, 0.1) is 23.6 Å². The lowest BCUT2D eigenvalue weighted by atomic mass is 9.96. The number of anilines is 1. The number of pyridine rings is 1. The Morgan fingerprint density at radius 1 is 1.17 bits per heavy atom. The third kappa shape index (κ3) is 3.55. The Bertz CT molecular complexity index is 1470. The van der Waals surface area contributed by atoms with E-state index in [1.54, 1.807) is 13.0 Å². The minimum atomic E-state index is -4.80. The summed E-state index contributed by atoms with van der Waals surface area (Å²) in [7, 11) is 1.33. The topological polar surface area (TPSA) is 87.4 Å². The third-order valence-electron chi connectivity index (χ3n) is 6.73. The molecule has 0 saturated carbocycles. The number of aryl methyl sites for hydroxylation is 1. The monoisotopic (exact) mass is 512 g/mol. The zero-order valence-corrected chi connectivity index (χ0v) is 19.2. The Hall–Kier alpha value is -3.48. The number of fused-ring (bicyclic) bond motifs is 2. The van der Waals surface area contributed by atoms with E-state index < -0.39 is 54.4 Å². The van der Waals surface area contributed by atoms with Crippen LogP contribution in [0.3, 0.4) is 0 Å². The van der Waals surface area contributed by atoms with Crippen molar-refractivity contribution in [1.82, 2.24) is 14.3 Å². The average molecular weight is 512 g/mol. The van der Waals surface area contributed by atoms with Gasteiger partial charge in [-0.1, -0.05) is 12.1 Å². The van der Waals surface area contributed by atoms with Crippen LogP contribution in [-0.2, 0) is 23.2 Å². The Balaban J connectivity index is 1.65. The highest BCUT2D eigenvalue weighted by Crippen LogP contribution is 2.45. The molecule has 1 unspecified atom stereocenters. The number of aromatic nitrogens is 3. The van der Waals surface area contributed by atoms with Crippen LogP contribution in [-0.4, -0.2) is 40.3 Å². The second kappa shape index (κ2) is 8.02. The van der Waals surface area contributed by atoms with Crippen LogP contribution in [0.5, 0.6) is 5.75 Å². The molecule has 4 heterocycles. The maximum atomic E-state index is 14.1. The van der Waals surface area contributed by atoms with Crippen LogP contribution < -0.4 is 21.2 Å². The van der Waals surface area contributed by atoms with Crippen molar-refractivity contribution in [2.24, 2.45) is 7.05 Å². The van der Waals surface area contributed by atoms with Gasteiger partial charge in [0.2, 0.25) is 0 Å². The zero-order valence-electron chi connectivity index (χ0n) is 19.2. The Morgan fingerprint density at radius 2 is 1.92 bits per heavy atom. The predicted octanol–water partition coefficient (Wildman–Crippen LogP) is 3.43. The van der Waals surface area contributed by atoms with Crippen molar-refractivity contribution >= 4 is 16.6 Å². The fourth-order valence-corrected chi connectivity index (χ4v) is 4.74. The van der Waals surface area contributed by atoms with Crippen molar-refractivity contribution in [3.63, 3.8) is 0 Å². The molecule has 3 aromatic rings. The number of halogens is 5. The van der Waals surface area contributed by atoms with Crippen LogP contribution in [0.4, 0.5) is 27.8 Å². The molecule has 1 fully saturated rings. The lowest BCUT2D eigenvalue weighted by molar-refractivity contribution is -0.214. The van der Waals surface area contributed by atoms with Crippen LogP contribution >= 0.6 is 0 Å². The highest BCUT2D eigenvalue weighted by molar-refractivity contribution is 5.90. The van der Waals surface area contributed by atoms with E-state index in [0.717, 1.165) is 16.9 Å². The molecule has 2 aliphatic rings. The maximum absolute atomic E-state index is 14.1. The van der Waals surface area contributed by atoms with Crippen LogP contribution in [0.25, 0.3) is 10.8 Å². The van der Waals surface area contributed by atoms with E-state index >= 15 is 0 Å². The molecule has 1 N–H and O–H groups in total. The molecular formula is C23H21F5N4O4. The molecule has 2 aliphatic heterocycles. The first kappa shape index (κ1) is 24.2. The van der Waals surface area contributed by atoms with Gasteiger partial charge in [-0.15, -0.1) is 0 Å². The van der Waals surface area contributed by atoms with E-state index in [4.69, 9.17) is 9.47 Å². The van der Waals surface area contributed by atoms with Crippen molar-refractivity contribution in [2.75, 3.05) is 25.1 Å². The molecule has 2 aromatic heterocycles. The largest absolute Gasteiger partial charge is 0.486 e. The van der Waals surface area contributed by atoms with E-state index in [2.05, 4.69) is 10.4 Å². The molecule has 1 aromatic carbocycles. The van der Waals surface area contributed by atoms with E-state index in [1.165, 1.54) is 19.2 Å². The quantitative estimate of drug-likeness (QED) is 0.540. The number of para-hydroxylation sites is 1. The fraction of sp³-hybridized carbons (Fsp3) is 0.435. The highest BCUT2D eigenvalue weighted by atomic mass is 19.4. The summed E-state index contributed by atoms with van der Waals surface area (Å²) >= 11 is 0. The second-order valence-corrected chi connectivity index (χ2v) is 9.00. The van der Waals surface area contributed by atoms with E-state index in [1.807, 2.05) is 0 Å². The summed E-state index contributed by atoms with van der Waals surface area (Å²) in [6.07, 6.45) is -4.31. The first-order valence-electron chi connectivity index (χ1n) is 11.0. The summed E-state index contributed by atoms with van der Waals surface area (Å²) < 4.78 is 82.4. The number of ether oxygens (including phenoxy) is 2. The van der Waals surface area contributed by atoms with Gasteiger partial charge in [0.15, 0.2) is 18.0 Å². The summed E-state index contributed by atoms with van der Waals surface area (Å²) in [5.74, 6) is -3.16. The SMILES string of the molecule is C[C@@H](Nc1nn(C)c(=O)c2cc(=O)n(C3(C(F)(F)F)CCOC3)cc12)c1cccc2c1OCC2(F)F. The number of hydrogen-bond acceptors (Lipinski definition) is 6. The van der Waals surface area contributed by atoms with E-state index in [9.17, 15) is 31.5 Å². The van der Waals surface area contributed by atoms with Gasteiger partial charge < -0.3 is 14.8 Å².